The van der Waals surface area contributed by atoms with Crippen molar-refractivity contribution in [3.8, 4) is 5.75 Å². The van der Waals surface area contributed by atoms with E-state index in [0.717, 1.165) is 18.4 Å². The molecule has 0 saturated heterocycles. The van der Waals surface area contributed by atoms with Crippen molar-refractivity contribution in [1.82, 2.24) is 4.90 Å². The van der Waals surface area contributed by atoms with Crippen molar-refractivity contribution in [2.24, 2.45) is 0 Å². The Bertz CT molecular complexity index is 526. The average Bonchev–Trinajstić information content (AvgIpc) is 3.22. The quantitative estimate of drug-likeness (QED) is 0.864. The van der Waals surface area contributed by atoms with Gasteiger partial charge in [0.05, 0.1) is 7.11 Å². The molecule has 2 rings (SSSR count). The van der Waals surface area contributed by atoms with Gasteiger partial charge in [-0.15, -0.1) is 0 Å². The number of nitrogens with zero attached hydrogens (tertiary/aromatic N) is 1. The molecular formula is C14H18N2O4. The van der Waals surface area contributed by atoms with E-state index in [0.29, 0.717) is 11.4 Å². The number of benzene rings is 1. The first-order valence-corrected chi connectivity index (χ1v) is 6.45. The smallest absolute Gasteiger partial charge is 0.323 e. The molecule has 108 valence electrons. The van der Waals surface area contributed by atoms with Crippen LogP contribution in [0, 0.1) is 6.92 Å². The molecule has 1 aliphatic rings. The van der Waals surface area contributed by atoms with Gasteiger partial charge in [-0.1, -0.05) is 0 Å². The van der Waals surface area contributed by atoms with Gasteiger partial charge in [-0.3, -0.25) is 4.79 Å². The Balaban J connectivity index is 2.07. The second-order valence-corrected chi connectivity index (χ2v) is 4.86. The van der Waals surface area contributed by atoms with E-state index < -0.39 is 5.97 Å². The maximum absolute atomic E-state index is 12.2. The number of methoxy groups -OCH3 is 1. The summed E-state index contributed by atoms with van der Waals surface area (Å²) in [4.78, 5) is 24.3. The maximum atomic E-state index is 12.2. The Hall–Kier alpha value is -2.24. The lowest BCUT2D eigenvalue weighted by molar-refractivity contribution is -0.137. The lowest BCUT2D eigenvalue weighted by Crippen LogP contribution is -2.40. The zero-order chi connectivity index (χ0) is 14.7. The maximum Gasteiger partial charge on any atom is 0.323 e. The van der Waals surface area contributed by atoms with E-state index in [1.165, 1.54) is 4.90 Å². The number of carbonyl (C=O) groups excluding carboxylic acids is 1. The van der Waals surface area contributed by atoms with E-state index in [9.17, 15) is 9.59 Å². The highest BCUT2D eigenvalue weighted by Crippen LogP contribution is 2.28. The summed E-state index contributed by atoms with van der Waals surface area (Å²) in [7, 11) is 1.58. The molecule has 20 heavy (non-hydrogen) atoms. The number of hydrogen-bond acceptors (Lipinski definition) is 3. The van der Waals surface area contributed by atoms with Crippen LogP contribution in [0.2, 0.25) is 0 Å². The van der Waals surface area contributed by atoms with Crippen molar-refractivity contribution in [2.45, 2.75) is 25.8 Å². The second-order valence-electron chi connectivity index (χ2n) is 4.86. The number of ether oxygens (including phenoxy) is 1. The molecule has 6 nitrogen and oxygen atoms in total. The van der Waals surface area contributed by atoms with Gasteiger partial charge in [0.1, 0.15) is 12.3 Å². The number of hydrogen-bond donors (Lipinski definition) is 2. The molecule has 1 aliphatic carbocycles. The summed E-state index contributed by atoms with van der Waals surface area (Å²) in [6.45, 7) is 1.59. The number of aliphatic carboxylic acids is 1. The van der Waals surface area contributed by atoms with Gasteiger partial charge in [0.25, 0.3) is 0 Å². The van der Waals surface area contributed by atoms with Gasteiger partial charge >= 0.3 is 12.0 Å². The molecule has 0 unspecified atom stereocenters. The normalized spacial score (nSPS) is 13.7. The third-order valence-electron chi connectivity index (χ3n) is 3.23. The van der Waals surface area contributed by atoms with Crippen molar-refractivity contribution >= 4 is 17.7 Å². The molecular weight excluding hydrogens is 260 g/mol. The zero-order valence-electron chi connectivity index (χ0n) is 11.5. The highest BCUT2D eigenvalue weighted by Gasteiger charge is 2.34. The number of carbonyl (C=O) groups is 2. The van der Waals surface area contributed by atoms with Crippen LogP contribution >= 0.6 is 0 Å². The van der Waals surface area contributed by atoms with E-state index >= 15 is 0 Å². The fraction of sp³-hybridized carbons (Fsp3) is 0.429. The number of anilines is 1. The Morgan fingerprint density at radius 1 is 1.45 bits per heavy atom. The first-order chi connectivity index (χ1) is 9.51. The number of aryl methyl sites for hydroxylation is 1. The minimum atomic E-state index is -1.00. The summed E-state index contributed by atoms with van der Waals surface area (Å²) in [5, 5.41) is 11.6. The van der Waals surface area contributed by atoms with Crippen molar-refractivity contribution in [3.05, 3.63) is 23.8 Å². The molecule has 1 aromatic carbocycles. The summed E-state index contributed by atoms with van der Waals surface area (Å²) in [5.74, 6) is -0.288. The van der Waals surface area contributed by atoms with Crippen LogP contribution in [-0.4, -0.2) is 41.7 Å². The van der Waals surface area contributed by atoms with Gasteiger partial charge < -0.3 is 20.1 Å². The second kappa shape index (κ2) is 5.81. The predicted octanol–water partition coefficient (Wildman–Crippen LogP) is 2.08. The molecule has 2 N–H and O–H groups in total. The molecule has 0 heterocycles. The van der Waals surface area contributed by atoms with Crippen LogP contribution in [0.5, 0.6) is 5.75 Å². The van der Waals surface area contributed by atoms with Crippen LogP contribution in [0.3, 0.4) is 0 Å². The zero-order valence-corrected chi connectivity index (χ0v) is 11.5. The number of amides is 2. The Morgan fingerprint density at radius 2 is 2.15 bits per heavy atom. The van der Waals surface area contributed by atoms with Crippen LogP contribution in [0.15, 0.2) is 18.2 Å². The van der Waals surface area contributed by atoms with Crippen LogP contribution < -0.4 is 10.1 Å². The molecule has 0 radical (unpaired) electrons. The van der Waals surface area contributed by atoms with E-state index in [2.05, 4.69) is 5.32 Å². The van der Waals surface area contributed by atoms with Gasteiger partial charge in [-0.25, -0.2) is 4.79 Å². The van der Waals surface area contributed by atoms with E-state index in [1.807, 2.05) is 13.0 Å². The number of carboxylic acids is 1. The highest BCUT2D eigenvalue weighted by molar-refractivity contribution is 5.92. The molecule has 0 spiro atoms. The Kier molecular flexibility index (Phi) is 4.12. The summed E-state index contributed by atoms with van der Waals surface area (Å²) in [6.07, 6.45) is 1.73. The van der Waals surface area contributed by atoms with Gasteiger partial charge in [-0.05, 0) is 43.5 Å². The lowest BCUT2D eigenvalue weighted by atomic mass is 10.2. The largest absolute Gasteiger partial charge is 0.497 e. The van der Waals surface area contributed by atoms with Crippen molar-refractivity contribution < 1.29 is 19.4 Å². The number of nitrogens with one attached hydrogen (secondary N) is 1. The van der Waals surface area contributed by atoms with E-state index in [4.69, 9.17) is 9.84 Å². The van der Waals surface area contributed by atoms with Crippen LogP contribution in [-0.2, 0) is 4.79 Å². The van der Waals surface area contributed by atoms with Gasteiger partial charge in [0, 0.05) is 11.7 Å². The van der Waals surface area contributed by atoms with Gasteiger partial charge in [0.15, 0.2) is 0 Å². The summed E-state index contributed by atoms with van der Waals surface area (Å²) in [5.41, 5.74) is 1.52. The van der Waals surface area contributed by atoms with Gasteiger partial charge in [-0.2, -0.15) is 0 Å². The van der Waals surface area contributed by atoms with E-state index in [1.54, 1.807) is 19.2 Å². The standard InChI is InChI=1S/C14H18N2O4/c1-9-7-11(20-2)5-6-12(9)15-14(19)16(8-13(17)18)10-3-4-10/h5-7,10H,3-4,8H2,1-2H3,(H,15,19)(H,17,18). The summed E-state index contributed by atoms with van der Waals surface area (Å²) >= 11 is 0. The monoisotopic (exact) mass is 278 g/mol. The third kappa shape index (κ3) is 3.40. The van der Waals surface area contributed by atoms with Gasteiger partial charge in [0.2, 0.25) is 0 Å². The Morgan fingerprint density at radius 3 is 2.65 bits per heavy atom. The molecule has 0 atom stereocenters. The predicted molar refractivity (Wildman–Crippen MR) is 74.1 cm³/mol. The minimum absolute atomic E-state index is 0.0460. The fourth-order valence-corrected chi connectivity index (χ4v) is 1.99. The summed E-state index contributed by atoms with van der Waals surface area (Å²) < 4.78 is 5.10. The van der Waals surface area contributed by atoms with E-state index in [-0.39, 0.29) is 18.6 Å². The van der Waals surface area contributed by atoms with Crippen LogP contribution in [0.1, 0.15) is 18.4 Å². The fourth-order valence-electron chi connectivity index (χ4n) is 1.99. The van der Waals surface area contributed by atoms with Crippen LogP contribution in [0.25, 0.3) is 0 Å². The highest BCUT2D eigenvalue weighted by atomic mass is 16.5. The molecule has 0 aromatic heterocycles. The minimum Gasteiger partial charge on any atom is -0.497 e. The lowest BCUT2D eigenvalue weighted by Gasteiger charge is -2.21. The number of rotatable bonds is 5. The molecule has 1 saturated carbocycles. The number of carboxylic acid groups (broad SMARTS) is 1. The Labute approximate surface area is 117 Å². The third-order valence-corrected chi connectivity index (χ3v) is 3.23. The molecule has 1 fully saturated rings. The topological polar surface area (TPSA) is 78.9 Å². The first kappa shape index (κ1) is 14.2. The van der Waals surface area contributed by atoms with Crippen LogP contribution in [0.4, 0.5) is 10.5 Å². The number of urea groups is 1. The molecule has 0 aliphatic heterocycles. The molecule has 1 aromatic rings. The van der Waals surface area contributed by atoms with Crippen molar-refractivity contribution in [1.29, 1.82) is 0 Å². The SMILES string of the molecule is COc1ccc(NC(=O)N(CC(=O)O)C2CC2)c(C)c1. The average molecular weight is 278 g/mol. The summed E-state index contributed by atoms with van der Waals surface area (Å²) in [6, 6.07) is 4.99. The van der Waals surface area contributed by atoms with Crippen molar-refractivity contribution in [2.75, 3.05) is 19.0 Å². The molecule has 0 bridgehead atoms. The van der Waals surface area contributed by atoms with Crippen molar-refractivity contribution in [3.63, 3.8) is 0 Å². The molecule has 2 amide bonds. The molecule has 6 heteroatoms. The first-order valence-electron chi connectivity index (χ1n) is 6.45.